The lowest BCUT2D eigenvalue weighted by Crippen LogP contribution is -2.14. The Morgan fingerprint density at radius 2 is 1.39 bits per heavy atom. The van der Waals surface area contributed by atoms with E-state index < -0.39 is 0 Å². The highest BCUT2D eigenvalue weighted by molar-refractivity contribution is 5.96. The largest absolute Gasteiger partial charge is 0.309 e. The minimum absolute atomic E-state index is 0.294. The highest BCUT2D eigenvalue weighted by atomic mass is 15.0. The molecule has 2 heterocycles. The number of aryl methyl sites for hydroxylation is 1. The second-order valence-electron chi connectivity index (χ2n) is 15.8. The molecule has 10 rings (SSSR count). The lowest BCUT2D eigenvalue weighted by Gasteiger charge is -2.25. The minimum Gasteiger partial charge on any atom is -0.309 e. The fourth-order valence-electron chi connectivity index (χ4n) is 9.38. The third-order valence-corrected chi connectivity index (χ3v) is 12.6. The number of aromatic nitrogens is 2. The summed E-state index contributed by atoms with van der Waals surface area (Å²) >= 11 is 0. The van der Waals surface area contributed by atoms with Crippen LogP contribution >= 0.6 is 0 Å². The van der Waals surface area contributed by atoms with Crippen LogP contribution in [0.1, 0.15) is 59.8 Å². The summed E-state index contributed by atoms with van der Waals surface area (Å²) in [6, 6.07) is 57.8. The second kappa shape index (κ2) is 14.5. The van der Waals surface area contributed by atoms with E-state index in [9.17, 15) is 0 Å². The van der Waals surface area contributed by atoms with Crippen molar-refractivity contribution >= 4 is 45.0 Å². The van der Waals surface area contributed by atoms with Gasteiger partial charge < -0.3 is 9.13 Å². The maximum atomic E-state index is 4.13. The van der Waals surface area contributed by atoms with Crippen LogP contribution in [0.4, 0.5) is 0 Å². The highest BCUT2D eigenvalue weighted by Gasteiger charge is 2.27. The average Bonchev–Trinajstić information content (AvgIpc) is 3.80. The molecule has 0 bridgehead atoms. The predicted molar refractivity (Wildman–Crippen MR) is 243 cm³/mol. The third-order valence-electron chi connectivity index (χ3n) is 12.6. The molecule has 0 saturated heterocycles. The lowest BCUT2D eigenvalue weighted by atomic mass is 9.79. The van der Waals surface area contributed by atoms with Crippen LogP contribution in [0.25, 0.3) is 67.6 Å². The Bertz CT molecular complexity index is 2890. The van der Waals surface area contributed by atoms with Gasteiger partial charge >= 0.3 is 0 Å². The third kappa shape index (κ3) is 6.13. The number of para-hydroxylation sites is 1. The van der Waals surface area contributed by atoms with E-state index in [1.54, 1.807) is 0 Å². The molecule has 0 radical (unpaired) electrons. The van der Waals surface area contributed by atoms with E-state index in [1.165, 1.54) is 89.1 Å². The number of fused-ring (bicyclic) bond motifs is 3. The molecule has 0 saturated carbocycles. The summed E-state index contributed by atoms with van der Waals surface area (Å²) in [6.07, 6.45) is 13.7. The molecule has 8 aromatic rings. The standard InChI is InChI=1S/C55H46N2/c1-4-39-16-11-13-23-49(39)48-31-30-44(32-37(2)38(48)3)54-36-45-28-26-42(33-53(45)56(54)47-21-9-6-10-22-47)43-27-29-46-35-52(41-18-7-5-8-19-41)57(55(46)34-43)51-25-15-20-40-17-12-14-24-50(40)51/h4-26,28,30-38,48H,1,27,29H2,2-3H3. The van der Waals surface area contributed by atoms with Gasteiger partial charge in [0.25, 0.3) is 0 Å². The first-order valence-electron chi connectivity index (χ1n) is 20.4. The molecule has 0 fully saturated rings. The summed E-state index contributed by atoms with van der Waals surface area (Å²) in [5.41, 5.74) is 16.4. The van der Waals surface area contributed by atoms with Crippen LogP contribution in [-0.4, -0.2) is 9.13 Å². The van der Waals surface area contributed by atoms with Crippen molar-refractivity contribution in [1.29, 1.82) is 0 Å². The average molecular weight is 735 g/mol. The molecule has 2 nitrogen and oxygen atoms in total. The molecule has 0 aliphatic heterocycles. The molecule has 3 unspecified atom stereocenters. The molecule has 57 heavy (non-hydrogen) atoms. The van der Waals surface area contributed by atoms with Gasteiger partial charge in [0.05, 0.1) is 22.6 Å². The summed E-state index contributed by atoms with van der Waals surface area (Å²) < 4.78 is 4.98. The molecule has 2 aliphatic rings. The van der Waals surface area contributed by atoms with Gasteiger partial charge in [0.15, 0.2) is 0 Å². The summed E-state index contributed by atoms with van der Waals surface area (Å²) in [6.45, 7) is 8.90. The smallest absolute Gasteiger partial charge is 0.0541 e. The molecule has 2 aromatic heterocycles. The van der Waals surface area contributed by atoms with Crippen LogP contribution in [-0.2, 0) is 6.42 Å². The topological polar surface area (TPSA) is 9.86 Å². The van der Waals surface area contributed by atoms with E-state index in [-0.39, 0.29) is 0 Å². The van der Waals surface area contributed by atoms with Gasteiger partial charge in [-0.2, -0.15) is 0 Å². The van der Waals surface area contributed by atoms with E-state index in [0.29, 0.717) is 17.8 Å². The van der Waals surface area contributed by atoms with Gasteiger partial charge in [-0.3, -0.25) is 0 Å². The molecular formula is C55H46N2. The number of hydrogen-bond donors (Lipinski definition) is 0. The van der Waals surface area contributed by atoms with Gasteiger partial charge in [-0.15, -0.1) is 0 Å². The predicted octanol–water partition coefficient (Wildman–Crippen LogP) is 14.4. The maximum Gasteiger partial charge on any atom is 0.0541 e. The number of benzene rings is 6. The number of hydrogen-bond acceptors (Lipinski definition) is 0. The van der Waals surface area contributed by atoms with Crippen molar-refractivity contribution in [2.75, 3.05) is 0 Å². The first-order chi connectivity index (χ1) is 28.1. The van der Waals surface area contributed by atoms with Crippen molar-refractivity contribution in [2.24, 2.45) is 11.8 Å². The van der Waals surface area contributed by atoms with E-state index >= 15 is 0 Å². The highest BCUT2D eigenvalue weighted by Crippen LogP contribution is 2.42. The van der Waals surface area contributed by atoms with Crippen LogP contribution in [0.5, 0.6) is 0 Å². The molecule has 3 atom stereocenters. The maximum absolute atomic E-state index is 4.13. The Labute approximate surface area is 336 Å². The number of allylic oxidation sites excluding steroid dienone is 5. The van der Waals surface area contributed by atoms with Gasteiger partial charge in [-0.05, 0) is 112 Å². The zero-order chi connectivity index (χ0) is 38.5. The first kappa shape index (κ1) is 34.8. The van der Waals surface area contributed by atoms with Crippen molar-refractivity contribution in [3.05, 3.63) is 216 Å². The van der Waals surface area contributed by atoms with Gasteiger partial charge in [-0.25, -0.2) is 0 Å². The summed E-state index contributed by atoms with van der Waals surface area (Å²) in [4.78, 5) is 0. The summed E-state index contributed by atoms with van der Waals surface area (Å²) in [5, 5.41) is 3.75. The van der Waals surface area contributed by atoms with Crippen molar-refractivity contribution in [3.63, 3.8) is 0 Å². The SMILES string of the molecule is C=Cc1ccccc1C1C=CC(c2cc3ccc(C4=Cc5c(cc(-c6ccccc6)n5-c5cccc6ccccc56)CC4)cc3n2-c2ccccc2)=CC(C)C1C. The Kier molecular flexibility index (Phi) is 8.83. The molecule has 6 aromatic carbocycles. The first-order valence-corrected chi connectivity index (χ1v) is 20.4. The van der Waals surface area contributed by atoms with E-state index in [0.717, 1.165) is 12.8 Å². The van der Waals surface area contributed by atoms with Gasteiger partial charge in [0, 0.05) is 28.1 Å². The normalized spacial score (nSPS) is 17.9. The Morgan fingerprint density at radius 1 is 0.632 bits per heavy atom. The monoisotopic (exact) mass is 734 g/mol. The van der Waals surface area contributed by atoms with E-state index in [2.05, 4.69) is 212 Å². The van der Waals surface area contributed by atoms with E-state index in [4.69, 9.17) is 0 Å². The second-order valence-corrected chi connectivity index (χ2v) is 15.8. The van der Waals surface area contributed by atoms with Crippen LogP contribution < -0.4 is 0 Å². The van der Waals surface area contributed by atoms with Gasteiger partial charge in [0.2, 0.25) is 0 Å². The Hall–Kier alpha value is -6.64. The van der Waals surface area contributed by atoms with Crippen molar-refractivity contribution in [3.8, 4) is 22.6 Å². The molecule has 276 valence electrons. The van der Waals surface area contributed by atoms with Gasteiger partial charge in [-0.1, -0.05) is 166 Å². The van der Waals surface area contributed by atoms with Crippen LogP contribution in [0.3, 0.4) is 0 Å². The quantitative estimate of drug-likeness (QED) is 0.154. The molecule has 0 N–H and O–H groups in total. The minimum atomic E-state index is 0.294. The summed E-state index contributed by atoms with van der Waals surface area (Å²) in [7, 11) is 0. The molecule has 0 spiro atoms. The molecule has 2 heteroatoms. The van der Waals surface area contributed by atoms with Crippen LogP contribution in [0.15, 0.2) is 183 Å². The van der Waals surface area contributed by atoms with Crippen molar-refractivity contribution in [1.82, 2.24) is 9.13 Å². The van der Waals surface area contributed by atoms with Crippen LogP contribution in [0.2, 0.25) is 0 Å². The molecule has 0 amide bonds. The van der Waals surface area contributed by atoms with Gasteiger partial charge in [0.1, 0.15) is 0 Å². The Balaban J connectivity index is 1.12. The zero-order valence-corrected chi connectivity index (χ0v) is 32.6. The van der Waals surface area contributed by atoms with Crippen molar-refractivity contribution < 1.29 is 0 Å². The summed E-state index contributed by atoms with van der Waals surface area (Å²) in [5.74, 6) is 1.10. The number of nitrogens with zero attached hydrogens (tertiary/aromatic N) is 2. The van der Waals surface area contributed by atoms with Crippen LogP contribution in [0, 0.1) is 11.8 Å². The van der Waals surface area contributed by atoms with Crippen molar-refractivity contribution in [2.45, 2.75) is 32.6 Å². The zero-order valence-electron chi connectivity index (χ0n) is 32.6. The lowest BCUT2D eigenvalue weighted by molar-refractivity contribution is 0.422. The number of rotatable bonds is 7. The fourth-order valence-corrected chi connectivity index (χ4v) is 9.38. The van der Waals surface area contributed by atoms with E-state index in [1.807, 2.05) is 6.08 Å². The molecule has 2 aliphatic carbocycles. The Morgan fingerprint density at radius 3 is 2.23 bits per heavy atom. The molecular weight excluding hydrogens is 689 g/mol. The fraction of sp³-hybridized carbons (Fsp3) is 0.127.